The first-order valence-electron chi connectivity index (χ1n) is 6.87. The summed E-state index contributed by atoms with van der Waals surface area (Å²) in [6, 6.07) is 11.5. The molecule has 110 valence electrons. The van der Waals surface area contributed by atoms with Crippen LogP contribution in [-0.2, 0) is 13.1 Å². The molecule has 7 nitrogen and oxygen atoms in total. The number of hydrogen-bond donors (Lipinski definition) is 2. The summed E-state index contributed by atoms with van der Waals surface area (Å²) in [6.07, 6.45) is 5.09. The zero-order valence-electron chi connectivity index (χ0n) is 11.8. The van der Waals surface area contributed by atoms with Crippen LogP contribution in [0.15, 0.2) is 55.0 Å². The third-order valence-electron chi connectivity index (χ3n) is 2.89. The first-order chi connectivity index (χ1) is 10.9. The number of nitrogens with one attached hydrogen (secondary N) is 2. The summed E-state index contributed by atoms with van der Waals surface area (Å²) < 4.78 is 0. The molecule has 0 radical (unpaired) electrons. The Morgan fingerprint density at radius 1 is 0.818 bits per heavy atom. The van der Waals surface area contributed by atoms with Crippen LogP contribution in [0.4, 0.5) is 11.8 Å². The predicted molar refractivity (Wildman–Crippen MR) is 83.0 cm³/mol. The number of hydrogen-bond acceptors (Lipinski definition) is 7. The second kappa shape index (κ2) is 7.07. The molecule has 3 aromatic rings. The Bertz CT molecular complexity index is 645. The smallest absolute Gasteiger partial charge is 0.245 e. The number of nitrogens with zero attached hydrogens (tertiary/aromatic N) is 5. The summed E-state index contributed by atoms with van der Waals surface area (Å²) in [5.74, 6) is 1.10. The molecule has 0 amide bonds. The molecule has 0 saturated heterocycles. The van der Waals surface area contributed by atoms with Gasteiger partial charge in [-0.15, -0.1) is 5.10 Å². The van der Waals surface area contributed by atoms with Crippen LogP contribution in [0.2, 0.25) is 0 Å². The molecular weight excluding hydrogens is 278 g/mol. The molecule has 7 heteroatoms. The first kappa shape index (κ1) is 13.9. The summed E-state index contributed by atoms with van der Waals surface area (Å²) >= 11 is 0. The lowest BCUT2D eigenvalue weighted by molar-refractivity contribution is 0.921. The van der Waals surface area contributed by atoms with Crippen molar-refractivity contribution in [2.45, 2.75) is 13.1 Å². The van der Waals surface area contributed by atoms with Crippen molar-refractivity contribution in [3.8, 4) is 0 Å². The molecule has 0 saturated carbocycles. The summed E-state index contributed by atoms with van der Waals surface area (Å²) in [4.78, 5) is 12.8. The predicted octanol–water partition coefficient (Wildman–Crippen LogP) is 1.89. The lowest BCUT2D eigenvalue weighted by atomic mass is 10.3. The Labute approximate surface area is 127 Å². The minimum atomic E-state index is 0.455. The molecule has 22 heavy (non-hydrogen) atoms. The Hall–Kier alpha value is -3.09. The van der Waals surface area contributed by atoms with E-state index in [0.717, 1.165) is 11.4 Å². The summed E-state index contributed by atoms with van der Waals surface area (Å²) in [5, 5.41) is 14.1. The van der Waals surface area contributed by atoms with Gasteiger partial charge in [0.05, 0.1) is 30.7 Å². The van der Waals surface area contributed by atoms with E-state index in [1.807, 2.05) is 36.4 Å². The van der Waals surface area contributed by atoms with Gasteiger partial charge >= 0.3 is 0 Å². The van der Waals surface area contributed by atoms with Gasteiger partial charge in [-0.3, -0.25) is 9.97 Å². The van der Waals surface area contributed by atoms with Crippen molar-refractivity contribution in [3.05, 3.63) is 66.4 Å². The molecule has 3 heterocycles. The van der Waals surface area contributed by atoms with Gasteiger partial charge in [-0.25, -0.2) is 0 Å². The molecule has 0 atom stereocenters. The largest absolute Gasteiger partial charge is 0.363 e. The Balaban J connectivity index is 1.58. The molecular formula is C15H15N7. The van der Waals surface area contributed by atoms with Gasteiger partial charge in [0.15, 0.2) is 5.82 Å². The molecule has 3 aromatic heterocycles. The fraction of sp³-hybridized carbons (Fsp3) is 0.133. The quantitative estimate of drug-likeness (QED) is 0.717. The average Bonchev–Trinajstić information content (AvgIpc) is 2.60. The fourth-order valence-corrected chi connectivity index (χ4v) is 1.82. The van der Waals surface area contributed by atoms with Crippen molar-refractivity contribution in [1.82, 2.24) is 25.1 Å². The highest BCUT2D eigenvalue weighted by atomic mass is 15.3. The number of rotatable bonds is 6. The maximum absolute atomic E-state index is 4.35. The lowest BCUT2D eigenvalue weighted by Crippen LogP contribution is -2.09. The zero-order chi connectivity index (χ0) is 15.0. The molecule has 0 aliphatic heterocycles. The van der Waals surface area contributed by atoms with Gasteiger partial charge in [0.1, 0.15) is 0 Å². The topological polar surface area (TPSA) is 88.5 Å². The molecule has 0 bridgehead atoms. The molecule has 0 spiro atoms. The van der Waals surface area contributed by atoms with Crippen LogP contribution in [0.5, 0.6) is 0 Å². The molecule has 0 unspecified atom stereocenters. The first-order valence-corrected chi connectivity index (χ1v) is 6.87. The van der Waals surface area contributed by atoms with Crippen molar-refractivity contribution in [2.75, 3.05) is 10.6 Å². The Morgan fingerprint density at radius 2 is 1.50 bits per heavy atom. The summed E-state index contributed by atoms with van der Waals surface area (Å²) in [6.45, 7) is 1.13. The SMILES string of the molecule is c1ccc(CNc2cnnc(NCc3ccccn3)n2)nc1. The van der Waals surface area contributed by atoms with Gasteiger partial charge in [0.2, 0.25) is 5.95 Å². The van der Waals surface area contributed by atoms with Crippen molar-refractivity contribution in [2.24, 2.45) is 0 Å². The van der Waals surface area contributed by atoms with Crippen molar-refractivity contribution in [3.63, 3.8) is 0 Å². The summed E-state index contributed by atoms with van der Waals surface area (Å²) in [7, 11) is 0. The highest BCUT2D eigenvalue weighted by Gasteiger charge is 2.01. The second-order valence-corrected chi connectivity index (χ2v) is 4.51. The van der Waals surface area contributed by atoms with Crippen LogP contribution in [0, 0.1) is 0 Å². The Kier molecular flexibility index (Phi) is 4.46. The minimum absolute atomic E-state index is 0.455. The van der Waals surface area contributed by atoms with E-state index in [1.54, 1.807) is 18.6 Å². The monoisotopic (exact) mass is 293 g/mol. The van der Waals surface area contributed by atoms with Crippen LogP contribution in [0.25, 0.3) is 0 Å². The van der Waals surface area contributed by atoms with Crippen molar-refractivity contribution < 1.29 is 0 Å². The highest BCUT2D eigenvalue weighted by Crippen LogP contribution is 2.06. The van der Waals surface area contributed by atoms with Crippen molar-refractivity contribution >= 4 is 11.8 Å². The number of anilines is 2. The molecule has 0 aromatic carbocycles. The van der Waals surface area contributed by atoms with Gasteiger partial charge < -0.3 is 10.6 Å². The standard InChI is InChI=1S/C15H15N7/c1-3-7-16-12(5-1)9-18-14-11-20-22-15(21-14)19-10-13-6-2-4-8-17-13/h1-8,11H,9-10H2,(H2,18,19,21,22). The molecule has 0 aliphatic rings. The molecule has 3 rings (SSSR count). The average molecular weight is 293 g/mol. The van der Waals surface area contributed by atoms with E-state index >= 15 is 0 Å². The second-order valence-electron chi connectivity index (χ2n) is 4.51. The van der Waals surface area contributed by atoms with Gasteiger partial charge in [-0.05, 0) is 24.3 Å². The minimum Gasteiger partial charge on any atom is -0.363 e. The molecule has 0 aliphatic carbocycles. The normalized spacial score (nSPS) is 10.2. The maximum atomic E-state index is 4.35. The summed E-state index contributed by atoms with van der Waals surface area (Å²) in [5.41, 5.74) is 1.85. The van der Waals surface area contributed by atoms with Gasteiger partial charge in [0, 0.05) is 12.4 Å². The number of aromatic nitrogens is 5. The van der Waals surface area contributed by atoms with E-state index < -0.39 is 0 Å². The van der Waals surface area contributed by atoms with E-state index in [9.17, 15) is 0 Å². The van der Waals surface area contributed by atoms with Gasteiger partial charge in [0.25, 0.3) is 0 Å². The van der Waals surface area contributed by atoms with Gasteiger partial charge in [-0.2, -0.15) is 10.1 Å². The fourth-order valence-electron chi connectivity index (χ4n) is 1.82. The van der Waals surface area contributed by atoms with E-state index in [4.69, 9.17) is 0 Å². The lowest BCUT2D eigenvalue weighted by Gasteiger charge is -2.07. The highest BCUT2D eigenvalue weighted by molar-refractivity contribution is 5.37. The van der Waals surface area contributed by atoms with E-state index in [-0.39, 0.29) is 0 Å². The third kappa shape index (κ3) is 3.95. The van der Waals surface area contributed by atoms with Crippen LogP contribution >= 0.6 is 0 Å². The third-order valence-corrected chi connectivity index (χ3v) is 2.89. The molecule has 0 fully saturated rings. The van der Waals surface area contributed by atoms with Gasteiger partial charge in [-0.1, -0.05) is 12.1 Å². The Morgan fingerprint density at radius 3 is 2.14 bits per heavy atom. The van der Waals surface area contributed by atoms with Crippen molar-refractivity contribution in [1.29, 1.82) is 0 Å². The van der Waals surface area contributed by atoms with Crippen LogP contribution in [-0.4, -0.2) is 25.1 Å². The van der Waals surface area contributed by atoms with Crippen LogP contribution in [0.3, 0.4) is 0 Å². The van der Waals surface area contributed by atoms with E-state index in [2.05, 4.69) is 35.8 Å². The zero-order valence-corrected chi connectivity index (χ0v) is 11.8. The maximum Gasteiger partial charge on any atom is 0.245 e. The molecule has 2 N–H and O–H groups in total. The van der Waals surface area contributed by atoms with E-state index in [1.165, 1.54) is 0 Å². The van der Waals surface area contributed by atoms with E-state index in [0.29, 0.717) is 24.9 Å². The van der Waals surface area contributed by atoms with Crippen LogP contribution in [0.1, 0.15) is 11.4 Å². The number of pyridine rings is 2. The van der Waals surface area contributed by atoms with Crippen LogP contribution < -0.4 is 10.6 Å².